The third kappa shape index (κ3) is 4.03. The van der Waals surface area contributed by atoms with E-state index < -0.39 is 5.82 Å². The molecule has 0 aliphatic rings. The van der Waals surface area contributed by atoms with Gasteiger partial charge in [-0.2, -0.15) is 0 Å². The van der Waals surface area contributed by atoms with Gasteiger partial charge in [0.15, 0.2) is 6.61 Å². The molecule has 4 nitrogen and oxygen atoms in total. The van der Waals surface area contributed by atoms with Crippen molar-refractivity contribution in [3.8, 4) is 5.75 Å². The normalized spacial score (nSPS) is 10.3. The minimum atomic E-state index is -0.392. The number of ether oxygens (including phenoxy) is 1. The summed E-state index contributed by atoms with van der Waals surface area (Å²) < 4.78 is 18.1. The molecule has 0 aliphatic carbocycles. The number of rotatable bonds is 5. The number of carbonyl (C=O) groups excluding carboxylic acids is 1. The molecule has 0 aliphatic heterocycles. The topological polar surface area (TPSA) is 51.2 Å². The van der Waals surface area contributed by atoms with E-state index in [0.717, 1.165) is 15.6 Å². The van der Waals surface area contributed by atoms with E-state index in [1.165, 1.54) is 18.2 Å². The van der Waals surface area contributed by atoms with Crippen molar-refractivity contribution in [1.82, 2.24) is 10.3 Å². The van der Waals surface area contributed by atoms with Gasteiger partial charge in [-0.05, 0) is 26.0 Å². The van der Waals surface area contributed by atoms with Crippen molar-refractivity contribution in [2.24, 2.45) is 0 Å². The van der Waals surface area contributed by atoms with Gasteiger partial charge >= 0.3 is 0 Å². The molecule has 0 radical (unpaired) electrons. The minimum absolute atomic E-state index is 0.146. The Bertz CT molecular complexity index is 593. The van der Waals surface area contributed by atoms with Gasteiger partial charge in [0.25, 0.3) is 5.91 Å². The molecule has 1 aromatic heterocycles. The Morgan fingerprint density at radius 3 is 2.90 bits per heavy atom. The lowest BCUT2D eigenvalue weighted by Gasteiger charge is -2.06. The van der Waals surface area contributed by atoms with Gasteiger partial charge in [0.05, 0.1) is 12.2 Å². The van der Waals surface area contributed by atoms with E-state index >= 15 is 0 Å². The predicted molar refractivity (Wildman–Crippen MR) is 75.3 cm³/mol. The smallest absolute Gasteiger partial charge is 0.258 e. The molecule has 2 rings (SSSR count). The molecule has 106 valence electrons. The molecule has 2 aromatic rings. The number of hydrogen-bond donors (Lipinski definition) is 1. The average molecular weight is 294 g/mol. The van der Waals surface area contributed by atoms with Crippen molar-refractivity contribution in [2.75, 3.05) is 6.61 Å². The monoisotopic (exact) mass is 294 g/mol. The van der Waals surface area contributed by atoms with Crippen LogP contribution in [-0.2, 0) is 11.3 Å². The van der Waals surface area contributed by atoms with E-state index in [1.807, 2.05) is 13.8 Å². The zero-order valence-electron chi connectivity index (χ0n) is 11.3. The molecule has 1 heterocycles. The van der Waals surface area contributed by atoms with E-state index in [1.54, 1.807) is 17.4 Å². The van der Waals surface area contributed by atoms with Crippen LogP contribution in [0.2, 0.25) is 0 Å². The van der Waals surface area contributed by atoms with Crippen molar-refractivity contribution in [3.63, 3.8) is 0 Å². The van der Waals surface area contributed by atoms with E-state index in [-0.39, 0.29) is 12.5 Å². The van der Waals surface area contributed by atoms with Gasteiger partial charge in [0.1, 0.15) is 16.6 Å². The van der Waals surface area contributed by atoms with Crippen LogP contribution in [0.3, 0.4) is 0 Å². The highest BCUT2D eigenvalue weighted by Gasteiger charge is 2.07. The first-order valence-electron chi connectivity index (χ1n) is 6.12. The summed E-state index contributed by atoms with van der Waals surface area (Å²) in [4.78, 5) is 17.1. The van der Waals surface area contributed by atoms with Crippen molar-refractivity contribution in [2.45, 2.75) is 20.4 Å². The number of aromatic nitrogens is 1. The molecular weight excluding hydrogens is 279 g/mol. The molecule has 0 saturated heterocycles. The molecule has 1 N–H and O–H groups in total. The number of thiazole rings is 1. The van der Waals surface area contributed by atoms with Crippen LogP contribution in [0.5, 0.6) is 5.75 Å². The van der Waals surface area contributed by atoms with Crippen LogP contribution in [0.25, 0.3) is 0 Å². The van der Waals surface area contributed by atoms with Crippen LogP contribution in [0.1, 0.15) is 15.6 Å². The zero-order chi connectivity index (χ0) is 14.5. The van der Waals surface area contributed by atoms with Gasteiger partial charge in [-0.25, -0.2) is 9.37 Å². The van der Waals surface area contributed by atoms with Gasteiger partial charge in [-0.15, -0.1) is 11.3 Å². The number of aryl methyl sites for hydroxylation is 2. The molecular formula is C14H15FN2O2S. The van der Waals surface area contributed by atoms with Gasteiger partial charge < -0.3 is 10.1 Å². The Morgan fingerprint density at radius 2 is 2.25 bits per heavy atom. The summed E-state index contributed by atoms with van der Waals surface area (Å²) in [7, 11) is 0. The number of amides is 1. The van der Waals surface area contributed by atoms with Gasteiger partial charge in [-0.1, -0.05) is 6.07 Å². The number of halogens is 1. The fourth-order valence-electron chi connectivity index (χ4n) is 1.55. The highest BCUT2D eigenvalue weighted by molar-refractivity contribution is 7.11. The summed E-state index contributed by atoms with van der Waals surface area (Å²) in [6, 6.07) is 5.69. The number of benzene rings is 1. The lowest BCUT2D eigenvalue weighted by atomic mass is 10.3. The Balaban J connectivity index is 1.78. The summed E-state index contributed by atoms with van der Waals surface area (Å²) in [5, 5.41) is 3.57. The van der Waals surface area contributed by atoms with Gasteiger partial charge in [0, 0.05) is 10.9 Å². The van der Waals surface area contributed by atoms with Crippen molar-refractivity contribution in [1.29, 1.82) is 0 Å². The second kappa shape index (κ2) is 6.47. The molecule has 6 heteroatoms. The molecule has 0 spiro atoms. The number of nitrogens with zero attached hydrogens (tertiary/aromatic N) is 1. The molecule has 0 fully saturated rings. The first-order chi connectivity index (χ1) is 9.54. The number of carbonyl (C=O) groups is 1. The highest BCUT2D eigenvalue weighted by atomic mass is 32.1. The summed E-state index contributed by atoms with van der Waals surface area (Å²) in [6.07, 6.45) is 0. The largest absolute Gasteiger partial charge is 0.484 e. The SMILES string of the molecule is Cc1nc(CNC(=O)COc2cccc(F)c2)sc1C. The first-order valence-corrected chi connectivity index (χ1v) is 6.94. The first kappa shape index (κ1) is 14.5. The maximum absolute atomic E-state index is 12.9. The summed E-state index contributed by atoms with van der Waals surface area (Å²) in [5.41, 5.74) is 0.982. The zero-order valence-corrected chi connectivity index (χ0v) is 12.1. The summed E-state index contributed by atoms with van der Waals surface area (Å²) in [5.74, 6) is -0.322. The predicted octanol–water partition coefficient (Wildman–Crippen LogP) is 2.59. The third-order valence-corrected chi connectivity index (χ3v) is 3.75. The van der Waals surface area contributed by atoms with E-state index in [4.69, 9.17) is 4.74 Å². The second-order valence-corrected chi connectivity index (χ2v) is 5.56. The molecule has 0 saturated carbocycles. The van der Waals surface area contributed by atoms with Gasteiger partial charge in [-0.3, -0.25) is 4.79 Å². The Kier molecular flexibility index (Phi) is 4.68. The molecule has 0 bridgehead atoms. The van der Waals surface area contributed by atoms with Crippen LogP contribution in [0.4, 0.5) is 4.39 Å². The standard InChI is InChI=1S/C14H15FN2O2S/c1-9-10(2)20-14(17-9)7-16-13(18)8-19-12-5-3-4-11(15)6-12/h3-6H,7-8H2,1-2H3,(H,16,18). The van der Waals surface area contributed by atoms with Crippen LogP contribution < -0.4 is 10.1 Å². The quantitative estimate of drug-likeness (QED) is 0.922. The summed E-state index contributed by atoms with van der Waals surface area (Å²) >= 11 is 1.56. The van der Waals surface area contributed by atoms with E-state index in [9.17, 15) is 9.18 Å². The van der Waals surface area contributed by atoms with E-state index in [2.05, 4.69) is 10.3 Å². The average Bonchev–Trinajstić information content (AvgIpc) is 2.73. The van der Waals surface area contributed by atoms with E-state index in [0.29, 0.717) is 12.3 Å². The Morgan fingerprint density at radius 1 is 1.45 bits per heavy atom. The van der Waals surface area contributed by atoms with Gasteiger partial charge in [0.2, 0.25) is 0 Å². The lowest BCUT2D eigenvalue weighted by Crippen LogP contribution is -2.28. The van der Waals surface area contributed by atoms with Crippen LogP contribution in [0.15, 0.2) is 24.3 Å². The van der Waals surface area contributed by atoms with Crippen molar-refractivity contribution >= 4 is 17.2 Å². The number of nitrogens with one attached hydrogen (secondary N) is 1. The highest BCUT2D eigenvalue weighted by Crippen LogP contribution is 2.16. The Labute approximate surface area is 120 Å². The molecule has 1 amide bonds. The summed E-state index contributed by atoms with van der Waals surface area (Å²) in [6.45, 7) is 4.16. The third-order valence-electron chi connectivity index (χ3n) is 2.68. The minimum Gasteiger partial charge on any atom is -0.484 e. The molecule has 1 aromatic carbocycles. The van der Waals surface area contributed by atoms with Crippen molar-refractivity contribution in [3.05, 3.63) is 45.7 Å². The Hall–Kier alpha value is -1.95. The number of hydrogen-bond acceptors (Lipinski definition) is 4. The molecule has 0 atom stereocenters. The second-order valence-electron chi connectivity index (χ2n) is 4.27. The van der Waals surface area contributed by atoms with Crippen LogP contribution >= 0.6 is 11.3 Å². The maximum atomic E-state index is 12.9. The fraction of sp³-hybridized carbons (Fsp3) is 0.286. The van der Waals surface area contributed by atoms with Crippen molar-refractivity contribution < 1.29 is 13.9 Å². The van der Waals surface area contributed by atoms with Crippen LogP contribution in [-0.4, -0.2) is 17.5 Å². The maximum Gasteiger partial charge on any atom is 0.258 e. The fourth-order valence-corrected chi connectivity index (χ4v) is 2.42. The molecule has 20 heavy (non-hydrogen) atoms. The molecule has 0 unspecified atom stereocenters. The lowest BCUT2D eigenvalue weighted by molar-refractivity contribution is -0.123. The van der Waals surface area contributed by atoms with Crippen LogP contribution in [0, 0.1) is 19.7 Å².